The van der Waals surface area contributed by atoms with E-state index in [0.29, 0.717) is 6.42 Å². The molecule has 168 valence electrons. The van der Waals surface area contributed by atoms with Gasteiger partial charge in [-0.3, -0.25) is 0 Å². The third-order valence-corrected chi connectivity index (χ3v) is 3.90. The van der Waals surface area contributed by atoms with Crippen LogP contribution in [0.5, 0.6) is 0 Å². The zero-order valence-electron chi connectivity index (χ0n) is 14.4. The highest BCUT2D eigenvalue weighted by atomic mass is 19.4. The van der Waals surface area contributed by atoms with Crippen LogP contribution in [0, 0.1) is 0 Å². The number of aliphatic hydroxyl groups excluding tert-OH is 1. The number of aliphatic hydroxyl groups is 1. The summed E-state index contributed by atoms with van der Waals surface area (Å²) < 4.78 is 159. The van der Waals surface area contributed by atoms with Gasteiger partial charge in [-0.2, -0.15) is 52.7 Å². The fourth-order valence-electron chi connectivity index (χ4n) is 2.06. The molecule has 0 rings (SSSR count). The highest BCUT2D eigenvalue weighted by molar-refractivity contribution is 5.11. The van der Waals surface area contributed by atoms with Crippen molar-refractivity contribution in [2.75, 3.05) is 6.61 Å². The van der Waals surface area contributed by atoms with Crippen LogP contribution >= 0.6 is 0 Å². The van der Waals surface area contributed by atoms with Crippen LogP contribution in [0.1, 0.15) is 39.0 Å². The average molecular weight is 442 g/mol. The summed E-state index contributed by atoms with van der Waals surface area (Å²) >= 11 is 0. The summed E-state index contributed by atoms with van der Waals surface area (Å²) in [5.74, 6) is -41.7. The molecule has 0 aromatic heterocycles. The van der Waals surface area contributed by atoms with Gasteiger partial charge in [0.15, 0.2) is 0 Å². The smallest absolute Gasteiger partial charge is 0.384 e. The molecule has 0 aromatic rings. The lowest BCUT2D eigenvalue weighted by molar-refractivity contribution is -0.427. The molecule has 0 amide bonds. The van der Waals surface area contributed by atoms with Gasteiger partial charge in [-0.05, 0) is 26.2 Å². The quantitative estimate of drug-likeness (QED) is 0.213. The molecule has 1 nitrogen and oxygen atoms in total. The summed E-state index contributed by atoms with van der Waals surface area (Å²) in [7, 11) is 0. The number of halogens is 12. The van der Waals surface area contributed by atoms with Gasteiger partial charge in [0.2, 0.25) is 0 Å². The van der Waals surface area contributed by atoms with Crippen LogP contribution < -0.4 is 0 Å². The van der Waals surface area contributed by atoms with Gasteiger partial charge in [-0.15, -0.1) is 0 Å². The molecule has 0 atom stereocenters. The summed E-state index contributed by atoms with van der Waals surface area (Å²) in [6.07, 6.45) is 0.540. The topological polar surface area (TPSA) is 20.2 Å². The van der Waals surface area contributed by atoms with E-state index in [1.165, 1.54) is 0 Å². The van der Waals surface area contributed by atoms with Crippen molar-refractivity contribution in [1.29, 1.82) is 0 Å². The molecular weight excluding hydrogens is 424 g/mol. The van der Waals surface area contributed by atoms with Crippen molar-refractivity contribution in [2.45, 2.75) is 74.6 Å². The zero-order valence-corrected chi connectivity index (χ0v) is 14.4. The lowest BCUT2D eigenvalue weighted by Crippen LogP contribution is -2.71. The molecule has 0 spiro atoms. The lowest BCUT2D eigenvalue weighted by Gasteiger charge is -2.41. The monoisotopic (exact) mass is 442 g/mol. The maximum Gasteiger partial charge on any atom is 0.384 e. The van der Waals surface area contributed by atoms with E-state index >= 15 is 0 Å². The van der Waals surface area contributed by atoms with Crippen LogP contribution in [0.25, 0.3) is 0 Å². The number of hydrogen-bond donors (Lipinski definition) is 1. The summed E-state index contributed by atoms with van der Waals surface area (Å²) in [5.41, 5.74) is 0. The van der Waals surface area contributed by atoms with Crippen molar-refractivity contribution in [3.63, 3.8) is 0 Å². The first kappa shape index (κ1) is 26.9. The maximum absolute atomic E-state index is 13.5. The van der Waals surface area contributed by atoms with Gasteiger partial charge in [-0.25, -0.2) is 0 Å². The lowest BCUT2D eigenvalue weighted by atomic mass is 9.89. The molecule has 0 bridgehead atoms. The number of unbranched alkanes of at least 4 members (excludes halogenated alkanes) is 3. The van der Waals surface area contributed by atoms with Crippen LogP contribution in [0.15, 0.2) is 12.2 Å². The van der Waals surface area contributed by atoms with Crippen molar-refractivity contribution in [3.05, 3.63) is 12.2 Å². The van der Waals surface area contributed by atoms with Gasteiger partial charge >= 0.3 is 35.5 Å². The number of rotatable bonds is 12. The molecule has 0 heterocycles. The van der Waals surface area contributed by atoms with E-state index in [1.54, 1.807) is 19.1 Å². The highest BCUT2D eigenvalue weighted by Crippen LogP contribution is 2.60. The Bertz CT molecular complexity index is 527. The molecule has 1 N–H and O–H groups in total. The molecule has 0 aliphatic heterocycles. The van der Waals surface area contributed by atoms with Crippen molar-refractivity contribution in [3.8, 4) is 0 Å². The van der Waals surface area contributed by atoms with Gasteiger partial charge < -0.3 is 5.11 Å². The Kier molecular flexibility index (Phi) is 8.35. The second kappa shape index (κ2) is 8.70. The van der Waals surface area contributed by atoms with Gasteiger partial charge in [0.25, 0.3) is 0 Å². The fraction of sp³-hybridized carbons (Fsp3) is 0.867. The molecule has 0 aliphatic rings. The minimum Gasteiger partial charge on any atom is -0.390 e. The van der Waals surface area contributed by atoms with Crippen molar-refractivity contribution in [1.82, 2.24) is 0 Å². The minimum atomic E-state index is -7.61. The normalized spacial score (nSPS) is 15.5. The molecular formula is C15H18F12O. The second-order valence-electron chi connectivity index (χ2n) is 6.03. The van der Waals surface area contributed by atoms with E-state index in [-0.39, 0.29) is 12.8 Å². The Morgan fingerprint density at radius 1 is 0.607 bits per heavy atom. The third-order valence-electron chi connectivity index (χ3n) is 3.90. The van der Waals surface area contributed by atoms with Gasteiger partial charge in [0.1, 0.15) is 6.61 Å². The Labute approximate surface area is 152 Å². The molecule has 0 aliphatic carbocycles. The van der Waals surface area contributed by atoms with Gasteiger partial charge in [0.05, 0.1) is 0 Å². The molecule has 0 radical (unpaired) electrons. The van der Waals surface area contributed by atoms with Crippen LogP contribution in [-0.2, 0) is 0 Å². The third kappa shape index (κ3) is 4.54. The minimum absolute atomic E-state index is 0.166. The predicted molar refractivity (Wildman–Crippen MR) is 74.7 cm³/mol. The molecule has 0 unspecified atom stereocenters. The van der Waals surface area contributed by atoms with Crippen LogP contribution in [0.2, 0.25) is 0 Å². The first-order valence-electron chi connectivity index (χ1n) is 7.86. The Morgan fingerprint density at radius 2 is 1.04 bits per heavy atom. The second-order valence-corrected chi connectivity index (χ2v) is 6.03. The number of hydrogen-bond acceptors (Lipinski definition) is 1. The first-order valence-corrected chi connectivity index (χ1v) is 7.86. The molecule has 0 fully saturated rings. The van der Waals surface area contributed by atoms with Gasteiger partial charge in [-0.1, -0.05) is 18.6 Å². The summed E-state index contributed by atoms with van der Waals surface area (Å²) in [5, 5.41) is 7.98. The van der Waals surface area contributed by atoms with E-state index in [0.717, 1.165) is 0 Å². The number of alkyl halides is 12. The van der Waals surface area contributed by atoms with E-state index in [9.17, 15) is 52.7 Å². The Hall–Kier alpha value is -1.14. The molecule has 0 aromatic carbocycles. The fourth-order valence-corrected chi connectivity index (χ4v) is 2.06. The summed E-state index contributed by atoms with van der Waals surface area (Å²) in [6, 6.07) is 0. The summed E-state index contributed by atoms with van der Waals surface area (Å²) in [6.45, 7) is -1.49. The number of allylic oxidation sites excluding steroid dienone is 2. The molecule has 0 saturated carbocycles. The van der Waals surface area contributed by atoms with Gasteiger partial charge in [0, 0.05) is 6.42 Å². The maximum atomic E-state index is 13.5. The van der Waals surface area contributed by atoms with Crippen molar-refractivity contribution in [2.24, 2.45) is 0 Å². The highest BCUT2D eigenvalue weighted by Gasteiger charge is 2.89. The molecule has 0 saturated heterocycles. The van der Waals surface area contributed by atoms with Crippen LogP contribution in [-0.4, -0.2) is 47.2 Å². The van der Waals surface area contributed by atoms with Crippen LogP contribution in [0.3, 0.4) is 0 Å². The van der Waals surface area contributed by atoms with Crippen molar-refractivity contribution < 1.29 is 57.8 Å². The zero-order chi connectivity index (χ0) is 22.7. The summed E-state index contributed by atoms with van der Waals surface area (Å²) in [4.78, 5) is 0. The van der Waals surface area contributed by atoms with Crippen molar-refractivity contribution >= 4 is 0 Å². The van der Waals surface area contributed by atoms with E-state index in [1.807, 2.05) is 0 Å². The molecule has 13 heteroatoms. The SMILES string of the molecule is C/C=C/CCCCCC(F)(F)C(F)(F)C(F)(F)C(F)(F)C(F)(F)C(F)(F)CO. The van der Waals surface area contributed by atoms with E-state index < -0.39 is 55.0 Å². The largest absolute Gasteiger partial charge is 0.390 e. The van der Waals surface area contributed by atoms with E-state index in [4.69, 9.17) is 5.11 Å². The first-order chi connectivity index (χ1) is 12.4. The molecule has 28 heavy (non-hydrogen) atoms. The van der Waals surface area contributed by atoms with E-state index in [2.05, 4.69) is 0 Å². The predicted octanol–water partition coefficient (Wildman–Crippen LogP) is 6.32. The van der Waals surface area contributed by atoms with Crippen LogP contribution in [0.4, 0.5) is 52.7 Å². The Morgan fingerprint density at radius 3 is 1.43 bits per heavy atom. The standard InChI is InChI=1S/C15H18F12O/c1-2-3-4-5-6-7-8-10(16,17)12(20,21)14(24,25)15(26,27)13(22,23)11(18,19)9-28/h2-3,28H,4-9H2,1H3/b3-2+. The average Bonchev–Trinajstić information content (AvgIpc) is 2.56. The Balaban J connectivity index is 5.64.